The van der Waals surface area contributed by atoms with E-state index < -0.39 is 52.3 Å². The standard InChI is InChI=1S/C22H23N3O7S/c1-3-13(2)19(25-20(27)16-9-4-5-10-17(16)21(25)28)22(29)32-12-18(26)24-14-7-6-8-15(11-14)33(23,30)31/h4-11,13,19H,3,12H2,1-2H3,(H,24,26)(H2,23,30,31)/t13-,19-/m0/s1. The topological polar surface area (TPSA) is 153 Å². The fraction of sp³-hybridized carbons (Fsp3) is 0.273. The van der Waals surface area contributed by atoms with Crippen molar-refractivity contribution in [3.63, 3.8) is 0 Å². The summed E-state index contributed by atoms with van der Waals surface area (Å²) in [6.07, 6.45) is 0.472. The molecule has 33 heavy (non-hydrogen) atoms. The lowest BCUT2D eigenvalue weighted by atomic mass is 9.97. The molecule has 0 saturated heterocycles. The van der Waals surface area contributed by atoms with Crippen LogP contribution in [0.15, 0.2) is 53.4 Å². The minimum Gasteiger partial charge on any atom is -0.454 e. The molecule has 2 aromatic rings. The van der Waals surface area contributed by atoms with Crippen molar-refractivity contribution in [2.45, 2.75) is 31.2 Å². The van der Waals surface area contributed by atoms with Crippen molar-refractivity contribution in [1.82, 2.24) is 4.90 Å². The van der Waals surface area contributed by atoms with Crippen LogP contribution in [0.4, 0.5) is 5.69 Å². The molecule has 2 aromatic carbocycles. The first-order chi connectivity index (χ1) is 15.5. The van der Waals surface area contributed by atoms with Crippen molar-refractivity contribution >= 4 is 39.4 Å². The molecule has 1 aliphatic rings. The highest BCUT2D eigenvalue weighted by molar-refractivity contribution is 7.89. The van der Waals surface area contributed by atoms with Crippen LogP contribution in [0.3, 0.4) is 0 Å². The Morgan fingerprint density at radius 2 is 1.67 bits per heavy atom. The number of nitrogens with two attached hydrogens (primary N) is 1. The lowest BCUT2D eigenvalue weighted by Gasteiger charge is -2.28. The molecule has 11 heteroatoms. The third-order valence-corrected chi connectivity index (χ3v) is 6.23. The number of esters is 1. The van der Waals surface area contributed by atoms with Crippen molar-refractivity contribution in [1.29, 1.82) is 0 Å². The molecule has 1 aliphatic heterocycles. The van der Waals surface area contributed by atoms with Crippen LogP contribution in [0.25, 0.3) is 0 Å². The molecule has 10 nitrogen and oxygen atoms in total. The van der Waals surface area contributed by atoms with Gasteiger partial charge in [0.25, 0.3) is 17.7 Å². The maximum atomic E-state index is 12.9. The molecule has 0 radical (unpaired) electrons. The van der Waals surface area contributed by atoms with Gasteiger partial charge in [0.15, 0.2) is 6.61 Å². The summed E-state index contributed by atoms with van der Waals surface area (Å²) in [6.45, 7) is 2.80. The van der Waals surface area contributed by atoms with Gasteiger partial charge in [-0.3, -0.25) is 19.3 Å². The Morgan fingerprint density at radius 3 is 2.21 bits per heavy atom. The zero-order valence-electron chi connectivity index (χ0n) is 18.0. The number of nitrogens with one attached hydrogen (secondary N) is 1. The molecule has 3 N–H and O–H groups in total. The Kier molecular flexibility index (Phi) is 6.94. The van der Waals surface area contributed by atoms with Gasteiger partial charge in [0.05, 0.1) is 16.0 Å². The molecule has 1 heterocycles. The molecule has 0 saturated carbocycles. The van der Waals surface area contributed by atoms with Crippen LogP contribution in [0.1, 0.15) is 41.0 Å². The van der Waals surface area contributed by atoms with Crippen LogP contribution in [-0.2, 0) is 24.3 Å². The fourth-order valence-corrected chi connectivity index (χ4v) is 4.01. The first kappa shape index (κ1) is 24.1. The molecule has 0 fully saturated rings. The number of hydrogen-bond acceptors (Lipinski definition) is 7. The largest absolute Gasteiger partial charge is 0.454 e. The SMILES string of the molecule is CC[C@H](C)[C@@H](C(=O)OCC(=O)Nc1cccc(S(N)(=O)=O)c1)N1C(=O)c2ccccc2C1=O. The molecule has 0 aromatic heterocycles. The normalized spacial score (nSPS) is 15.1. The Bertz CT molecular complexity index is 1190. The van der Waals surface area contributed by atoms with Gasteiger partial charge in [-0.25, -0.2) is 18.4 Å². The number of hydrogen-bond donors (Lipinski definition) is 2. The summed E-state index contributed by atoms with van der Waals surface area (Å²) in [6, 6.07) is 10.3. The minimum atomic E-state index is -3.96. The first-order valence-corrected chi connectivity index (χ1v) is 11.7. The van der Waals surface area contributed by atoms with Gasteiger partial charge in [0, 0.05) is 5.69 Å². The maximum absolute atomic E-state index is 12.9. The van der Waals surface area contributed by atoms with Gasteiger partial charge in [-0.2, -0.15) is 0 Å². The summed E-state index contributed by atoms with van der Waals surface area (Å²) in [5, 5.41) is 7.48. The average Bonchev–Trinajstić information content (AvgIpc) is 3.03. The Labute approximate surface area is 190 Å². The summed E-state index contributed by atoms with van der Waals surface area (Å²) in [5.74, 6) is -3.24. The van der Waals surface area contributed by atoms with Crippen LogP contribution in [0, 0.1) is 5.92 Å². The summed E-state index contributed by atoms with van der Waals surface area (Å²) in [5.41, 5.74) is 0.550. The summed E-state index contributed by atoms with van der Waals surface area (Å²) in [7, 11) is -3.96. The molecule has 0 unspecified atom stereocenters. The van der Waals surface area contributed by atoms with Crippen molar-refractivity contribution in [3.05, 3.63) is 59.7 Å². The van der Waals surface area contributed by atoms with E-state index in [1.54, 1.807) is 26.0 Å². The number of benzene rings is 2. The van der Waals surface area contributed by atoms with Crippen molar-refractivity contribution in [2.24, 2.45) is 11.1 Å². The van der Waals surface area contributed by atoms with Crippen LogP contribution in [0.2, 0.25) is 0 Å². The average molecular weight is 474 g/mol. The Hall–Kier alpha value is -3.57. The van der Waals surface area contributed by atoms with Gasteiger partial charge >= 0.3 is 5.97 Å². The second-order valence-electron chi connectivity index (χ2n) is 7.58. The van der Waals surface area contributed by atoms with E-state index in [9.17, 15) is 27.6 Å². The van der Waals surface area contributed by atoms with Gasteiger partial charge in [0.2, 0.25) is 10.0 Å². The predicted octanol–water partition coefficient (Wildman–Crippen LogP) is 1.53. The lowest BCUT2D eigenvalue weighted by Crippen LogP contribution is -2.49. The smallest absolute Gasteiger partial charge is 0.330 e. The molecule has 3 amide bonds. The van der Waals surface area contributed by atoms with Gasteiger partial charge in [0.1, 0.15) is 6.04 Å². The van der Waals surface area contributed by atoms with Gasteiger partial charge < -0.3 is 10.1 Å². The van der Waals surface area contributed by atoms with Gasteiger partial charge in [-0.1, -0.05) is 38.5 Å². The van der Waals surface area contributed by atoms with Crippen LogP contribution >= 0.6 is 0 Å². The molecule has 174 valence electrons. The van der Waals surface area contributed by atoms with E-state index in [1.807, 2.05) is 0 Å². The first-order valence-electron chi connectivity index (χ1n) is 10.1. The molecule has 0 aliphatic carbocycles. The molecule has 2 atom stereocenters. The van der Waals surface area contributed by atoms with Crippen LogP contribution < -0.4 is 10.5 Å². The van der Waals surface area contributed by atoms with Crippen molar-refractivity contribution in [3.8, 4) is 0 Å². The van der Waals surface area contributed by atoms with E-state index in [4.69, 9.17) is 9.88 Å². The number of carbonyl (C=O) groups is 4. The second-order valence-corrected chi connectivity index (χ2v) is 9.15. The molecule has 3 rings (SSSR count). The highest BCUT2D eigenvalue weighted by Crippen LogP contribution is 2.28. The summed E-state index contributed by atoms with van der Waals surface area (Å²) in [4.78, 5) is 51.5. The third-order valence-electron chi connectivity index (χ3n) is 5.32. The van der Waals surface area contributed by atoms with E-state index in [1.165, 1.54) is 30.3 Å². The number of fused-ring (bicyclic) bond motifs is 1. The zero-order chi connectivity index (χ0) is 24.3. The number of sulfonamides is 1. The van der Waals surface area contributed by atoms with E-state index >= 15 is 0 Å². The second kappa shape index (κ2) is 9.51. The Balaban J connectivity index is 1.71. The van der Waals surface area contributed by atoms with E-state index in [0.717, 1.165) is 11.0 Å². The van der Waals surface area contributed by atoms with E-state index in [2.05, 4.69) is 5.32 Å². The number of rotatable bonds is 8. The number of carbonyl (C=O) groups excluding carboxylic acids is 4. The monoisotopic (exact) mass is 473 g/mol. The number of ether oxygens (including phenoxy) is 1. The number of anilines is 1. The number of amides is 3. The number of imide groups is 1. The molecule has 0 spiro atoms. The maximum Gasteiger partial charge on any atom is 0.330 e. The molecule has 0 bridgehead atoms. The van der Waals surface area contributed by atoms with E-state index in [-0.39, 0.29) is 21.7 Å². The number of primary sulfonamides is 1. The van der Waals surface area contributed by atoms with Gasteiger partial charge in [-0.15, -0.1) is 0 Å². The quantitative estimate of drug-likeness (QED) is 0.435. The number of nitrogens with zero attached hydrogens (tertiary/aromatic N) is 1. The summed E-state index contributed by atoms with van der Waals surface area (Å²) < 4.78 is 28.0. The fourth-order valence-electron chi connectivity index (χ4n) is 3.45. The molecular weight excluding hydrogens is 450 g/mol. The highest BCUT2D eigenvalue weighted by Gasteiger charge is 2.45. The lowest BCUT2D eigenvalue weighted by molar-refractivity contribution is -0.152. The highest BCUT2D eigenvalue weighted by atomic mass is 32.2. The van der Waals surface area contributed by atoms with Crippen LogP contribution in [-0.4, -0.2) is 49.7 Å². The van der Waals surface area contributed by atoms with Crippen molar-refractivity contribution in [2.75, 3.05) is 11.9 Å². The van der Waals surface area contributed by atoms with Crippen LogP contribution in [0.5, 0.6) is 0 Å². The van der Waals surface area contributed by atoms with E-state index in [0.29, 0.717) is 6.42 Å². The Morgan fingerprint density at radius 1 is 1.06 bits per heavy atom. The third kappa shape index (κ3) is 5.10. The predicted molar refractivity (Wildman–Crippen MR) is 118 cm³/mol. The minimum absolute atomic E-state index is 0.140. The molecular formula is C22H23N3O7S. The zero-order valence-corrected chi connectivity index (χ0v) is 18.8. The summed E-state index contributed by atoms with van der Waals surface area (Å²) >= 11 is 0. The van der Waals surface area contributed by atoms with Gasteiger partial charge in [-0.05, 0) is 36.2 Å². The van der Waals surface area contributed by atoms with Crippen molar-refractivity contribution < 1.29 is 32.3 Å².